The number of amides is 1. The van der Waals surface area contributed by atoms with Gasteiger partial charge in [0.25, 0.3) is 0 Å². The molecule has 0 fully saturated rings. The van der Waals surface area contributed by atoms with Gasteiger partial charge in [-0.2, -0.15) is 11.3 Å². The number of hydrogen-bond acceptors (Lipinski definition) is 4. The fourth-order valence-electron chi connectivity index (χ4n) is 1.12. The van der Waals surface area contributed by atoms with Crippen molar-refractivity contribution < 1.29 is 14.6 Å². The highest BCUT2D eigenvalue weighted by atomic mass is 32.1. The molecule has 15 heavy (non-hydrogen) atoms. The Bertz CT molecular complexity index is 287. The van der Waals surface area contributed by atoms with Gasteiger partial charge in [0.15, 0.2) is 0 Å². The molecule has 1 aromatic heterocycles. The molecule has 5 heteroatoms. The summed E-state index contributed by atoms with van der Waals surface area (Å²) in [6, 6.07) is 1.91. The number of carbonyl (C=O) groups excluding carboxylic acids is 1. The van der Waals surface area contributed by atoms with Crippen LogP contribution in [0.3, 0.4) is 0 Å². The van der Waals surface area contributed by atoms with Crippen molar-refractivity contribution >= 4 is 17.2 Å². The molecule has 1 unspecified atom stereocenters. The van der Waals surface area contributed by atoms with Gasteiger partial charge in [-0.1, -0.05) is 0 Å². The topological polar surface area (TPSA) is 58.6 Å². The molecule has 0 spiro atoms. The number of nitrogens with one attached hydrogen (secondary N) is 1. The maximum Gasteiger partial charge on any atom is 0.224 e. The largest absolute Gasteiger partial charge is 0.389 e. The van der Waals surface area contributed by atoms with E-state index in [4.69, 9.17) is 4.74 Å². The normalized spacial score (nSPS) is 12.4. The maximum absolute atomic E-state index is 11.4. The highest BCUT2D eigenvalue weighted by Crippen LogP contribution is 2.06. The Balaban J connectivity index is 2.19. The molecule has 2 N–H and O–H groups in total. The van der Waals surface area contributed by atoms with E-state index in [9.17, 15) is 9.90 Å². The summed E-state index contributed by atoms with van der Waals surface area (Å²) in [5.74, 6) is -0.0800. The van der Waals surface area contributed by atoms with Crippen LogP contribution in [0.4, 0.5) is 0 Å². The molecule has 0 aliphatic carbocycles. The van der Waals surface area contributed by atoms with E-state index in [0.717, 1.165) is 5.56 Å². The van der Waals surface area contributed by atoms with Crippen LogP contribution in [0, 0.1) is 0 Å². The highest BCUT2D eigenvalue weighted by Gasteiger charge is 2.07. The summed E-state index contributed by atoms with van der Waals surface area (Å²) in [7, 11) is 1.51. The van der Waals surface area contributed by atoms with E-state index in [-0.39, 0.29) is 19.1 Å². The summed E-state index contributed by atoms with van der Waals surface area (Å²) < 4.78 is 4.74. The van der Waals surface area contributed by atoms with Crippen LogP contribution in [-0.2, 0) is 16.0 Å². The number of ether oxygens (including phenoxy) is 1. The third-order valence-electron chi connectivity index (χ3n) is 1.84. The average Bonchev–Trinajstić information content (AvgIpc) is 2.68. The predicted molar refractivity (Wildman–Crippen MR) is 58.9 cm³/mol. The second-order valence-corrected chi connectivity index (χ2v) is 4.00. The second kappa shape index (κ2) is 6.55. The predicted octanol–water partition coefficient (Wildman–Crippen LogP) is 0.414. The number of carbonyl (C=O) groups is 1. The van der Waals surface area contributed by atoms with Crippen molar-refractivity contribution in [1.82, 2.24) is 5.32 Å². The molecule has 0 bridgehead atoms. The Morgan fingerprint density at radius 1 is 1.73 bits per heavy atom. The minimum atomic E-state index is -0.638. The zero-order chi connectivity index (χ0) is 11.1. The van der Waals surface area contributed by atoms with Crippen LogP contribution in [0.5, 0.6) is 0 Å². The summed E-state index contributed by atoms with van der Waals surface area (Å²) in [5.41, 5.74) is 0.999. The van der Waals surface area contributed by atoms with Crippen molar-refractivity contribution in [2.45, 2.75) is 12.5 Å². The van der Waals surface area contributed by atoms with Gasteiger partial charge in [0.05, 0.1) is 19.1 Å². The van der Waals surface area contributed by atoms with Gasteiger partial charge in [-0.25, -0.2) is 0 Å². The summed E-state index contributed by atoms with van der Waals surface area (Å²) in [6.45, 7) is 0.468. The van der Waals surface area contributed by atoms with E-state index in [2.05, 4.69) is 5.32 Å². The summed E-state index contributed by atoms with van der Waals surface area (Å²) in [4.78, 5) is 11.4. The molecule has 0 aromatic carbocycles. The van der Waals surface area contributed by atoms with Gasteiger partial charge in [-0.15, -0.1) is 0 Å². The number of aliphatic hydroxyl groups excluding tert-OH is 1. The van der Waals surface area contributed by atoms with Crippen LogP contribution in [0.2, 0.25) is 0 Å². The Labute approximate surface area is 92.9 Å². The molecular formula is C10H15NO3S. The Hall–Kier alpha value is -0.910. The molecule has 0 saturated carbocycles. The van der Waals surface area contributed by atoms with Crippen LogP contribution >= 0.6 is 11.3 Å². The number of methoxy groups -OCH3 is 1. The van der Waals surface area contributed by atoms with Crippen molar-refractivity contribution in [3.63, 3.8) is 0 Å². The standard InChI is InChI=1S/C10H15NO3S/c1-14-6-9(12)5-11-10(13)4-8-2-3-15-7-8/h2-3,7,9,12H,4-6H2,1H3,(H,11,13). The second-order valence-electron chi connectivity index (χ2n) is 3.22. The quantitative estimate of drug-likeness (QED) is 0.743. The first kappa shape index (κ1) is 12.2. The number of hydrogen-bond donors (Lipinski definition) is 2. The van der Waals surface area contributed by atoms with Crippen molar-refractivity contribution in [3.8, 4) is 0 Å². The molecule has 0 saturated heterocycles. The van der Waals surface area contributed by atoms with Crippen LogP contribution in [0.1, 0.15) is 5.56 Å². The maximum atomic E-state index is 11.4. The van der Waals surface area contributed by atoms with Crippen LogP contribution in [0.25, 0.3) is 0 Å². The average molecular weight is 229 g/mol. The third kappa shape index (κ3) is 4.92. The van der Waals surface area contributed by atoms with Gasteiger partial charge in [0, 0.05) is 13.7 Å². The van der Waals surface area contributed by atoms with Gasteiger partial charge in [-0.05, 0) is 22.4 Å². The first-order chi connectivity index (χ1) is 7.22. The van der Waals surface area contributed by atoms with Gasteiger partial charge < -0.3 is 15.2 Å². The lowest BCUT2D eigenvalue weighted by molar-refractivity contribution is -0.121. The number of thiophene rings is 1. The SMILES string of the molecule is COCC(O)CNC(=O)Cc1ccsc1. The molecule has 4 nitrogen and oxygen atoms in total. The Morgan fingerprint density at radius 3 is 3.13 bits per heavy atom. The van der Waals surface area contributed by atoms with Crippen LogP contribution in [0.15, 0.2) is 16.8 Å². The molecule has 0 radical (unpaired) electrons. The molecule has 1 aromatic rings. The van der Waals surface area contributed by atoms with E-state index >= 15 is 0 Å². The van der Waals surface area contributed by atoms with Crippen molar-refractivity contribution in [2.24, 2.45) is 0 Å². The number of aliphatic hydroxyl groups is 1. The van der Waals surface area contributed by atoms with Crippen molar-refractivity contribution in [2.75, 3.05) is 20.3 Å². The molecule has 0 aliphatic heterocycles. The van der Waals surface area contributed by atoms with E-state index in [1.165, 1.54) is 7.11 Å². The molecule has 0 aliphatic rings. The van der Waals surface area contributed by atoms with Crippen LogP contribution < -0.4 is 5.32 Å². The highest BCUT2D eigenvalue weighted by molar-refractivity contribution is 7.07. The molecule has 1 amide bonds. The zero-order valence-corrected chi connectivity index (χ0v) is 9.42. The van der Waals surface area contributed by atoms with E-state index in [0.29, 0.717) is 6.42 Å². The first-order valence-electron chi connectivity index (χ1n) is 4.67. The minimum Gasteiger partial charge on any atom is -0.389 e. The Kier molecular flexibility index (Phi) is 5.31. The van der Waals surface area contributed by atoms with E-state index in [1.807, 2.05) is 16.8 Å². The minimum absolute atomic E-state index is 0.0800. The lowest BCUT2D eigenvalue weighted by Gasteiger charge is -2.10. The molecule has 1 rings (SSSR count). The summed E-state index contributed by atoms with van der Waals surface area (Å²) in [5, 5.41) is 15.8. The third-order valence-corrected chi connectivity index (χ3v) is 2.57. The zero-order valence-electron chi connectivity index (χ0n) is 8.60. The lowest BCUT2D eigenvalue weighted by atomic mass is 10.2. The lowest BCUT2D eigenvalue weighted by Crippen LogP contribution is -2.35. The summed E-state index contributed by atoms with van der Waals surface area (Å²) >= 11 is 1.56. The summed E-state index contributed by atoms with van der Waals surface area (Å²) in [6.07, 6.45) is -0.273. The van der Waals surface area contributed by atoms with Crippen molar-refractivity contribution in [1.29, 1.82) is 0 Å². The molecule has 1 atom stereocenters. The Morgan fingerprint density at radius 2 is 2.53 bits per heavy atom. The van der Waals surface area contributed by atoms with Gasteiger partial charge in [0.2, 0.25) is 5.91 Å². The molecule has 84 valence electrons. The van der Waals surface area contributed by atoms with E-state index < -0.39 is 6.10 Å². The first-order valence-corrected chi connectivity index (χ1v) is 5.61. The molecular weight excluding hydrogens is 214 g/mol. The fourth-order valence-corrected chi connectivity index (χ4v) is 1.79. The monoisotopic (exact) mass is 229 g/mol. The fraction of sp³-hybridized carbons (Fsp3) is 0.500. The molecule has 1 heterocycles. The van der Waals surface area contributed by atoms with Gasteiger partial charge in [-0.3, -0.25) is 4.79 Å². The smallest absolute Gasteiger partial charge is 0.224 e. The van der Waals surface area contributed by atoms with Gasteiger partial charge in [0.1, 0.15) is 0 Å². The van der Waals surface area contributed by atoms with Crippen LogP contribution in [-0.4, -0.2) is 37.4 Å². The van der Waals surface area contributed by atoms with Crippen molar-refractivity contribution in [3.05, 3.63) is 22.4 Å². The number of rotatable bonds is 6. The van der Waals surface area contributed by atoms with Gasteiger partial charge >= 0.3 is 0 Å². The van der Waals surface area contributed by atoms with E-state index in [1.54, 1.807) is 11.3 Å².